The largest absolute Gasteiger partial charge is 0.339 e. The number of nitrogens with zero attached hydrogens (tertiary/aromatic N) is 2. The molecule has 0 saturated carbocycles. The SMILES string of the molecule is Cc1ccccc1CN1CCC2(CC1)C(=O)NCN2c1ccccc1. The minimum atomic E-state index is -0.385. The van der Waals surface area contributed by atoms with Crippen LogP contribution in [0.15, 0.2) is 54.6 Å². The number of hydrogen-bond acceptors (Lipinski definition) is 3. The van der Waals surface area contributed by atoms with Gasteiger partial charge in [0.2, 0.25) is 5.91 Å². The van der Waals surface area contributed by atoms with Crippen LogP contribution in [0.4, 0.5) is 5.69 Å². The lowest BCUT2D eigenvalue weighted by atomic mass is 9.85. The number of aryl methyl sites for hydroxylation is 1. The molecule has 2 aliphatic heterocycles. The Hall–Kier alpha value is -2.33. The Labute approximate surface area is 149 Å². The lowest BCUT2D eigenvalue weighted by Gasteiger charge is -2.43. The molecule has 2 aliphatic rings. The van der Waals surface area contributed by atoms with Crippen LogP contribution in [0.2, 0.25) is 0 Å². The van der Waals surface area contributed by atoms with Crippen LogP contribution in [0, 0.1) is 6.92 Å². The van der Waals surface area contributed by atoms with Gasteiger partial charge >= 0.3 is 0 Å². The van der Waals surface area contributed by atoms with E-state index in [4.69, 9.17) is 0 Å². The summed E-state index contributed by atoms with van der Waals surface area (Å²) in [5.41, 5.74) is 3.47. The highest BCUT2D eigenvalue weighted by atomic mass is 16.2. The molecule has 0 atom stereocenters. The van der Waals surface area contributed by atoms with Crippen molar-refractivity contribution in [2.75, 3.05) is 24.7 Å². The van der Waals surface area contributed by atoms with Crippen molar-refractivity contribution < 1.29 is 4.79 Å². The quantitative estimate of drug-likeness (QED) is 0.937. The number of nitrogens with one attached hydrogen (secondary N) is 1. The summed E-state index contributed by atoms with van der Waals surface area (Å²) < 4.78 is 0. The number of carbonyl (C=O) groups is 1. The maximum Gasteiger partial charge on any atom is 0.247 e. The Bertz CT molecular complexity index is 751. The molecule has 0 radical (unpaired) electrons. The highest BCUT2D eigenvalue weighted by Gasteiger charge is 2.50. The second-order valence-corrected chi connectivity index (χ2v) is 7.16. The first-order valence-corrected chi connectivity index (χ1v) is 9.07. The van der Waals surface area contributed by atoms with Gasteiger partial charge in [-0.25, -0.2) is 0 Å². The minimum Gasteiger partial charge on any atom is -0.339 e. The molecule has 130 valence electrons. The topological polar surface area (TPSA) is 35.6 Å². The predicted molar refractivity (Wildman–Crippen MR) is 100 cm³/mol. The van der Waals surface area contributed by atoms with Crippen LogP contribution in [0.25, 0.3) is 0 Å². The smallest absolute Gasteiger partial charge is 0.247 e. The number of carbonyl (C=O) groups excluding carboxylic acids is 1. The fourth-order valence-electron chi connectivity index (χ4n) is 4.14. The third kappa shape index (κ3) is 2.91. The molecule has 25 heavy (non-hydrogen) atoms. The Balaban J connectivity index is 1.49. The van der Waals surface area contributed by atoms with Crippen LogP contribution < -0.4 is 10.2 Å². The van der Waals surface area contributed by atoms with Gasteiger partial charge in [-0.05, 0) is 43.0 Å². The molecule has 2 aromatic carbocycles. The third-order valence-electron chi connectivity index (χ3n) is 5.74. The summed E-state index contributed by atoms with van der Waals surface area (Å²) in [6.07, 6.45) is 1.75. The molecule has 4 heteroatoms. The average molecular weight is 335 g/mol. The molecule has 2 aromatic rings. The molecule has 0 unspecified atom stereocenters. The van der Waals surface area contributed by atoms with Crippen molar-refractivity contribution in [1.29, 1.82) is 0 Å². The molecule has 2 heterocycles. The van der Waals surface area contributed by atoms with E-state index in [0.717, 1.165) is 38.2 Å². The van der Waals surface area contributed by atoms with E-state index in [9.17, 15) is 4.79 Å². The van der Waals surface area contributed by atoms with E-state index in [1.165, 1.54) is 11.1 Å². The van der Waals surface area contributed by atoms with E-state index in [2.05, 4.69) is 58.4 Å². The second-order valence-electron chi connectivity index (χ2n) is 7.16. The van der Waals surface area contributed by atoms with Crippen LogP contribution in [0.1, 0.15) is 24.0 Å². The molecule has 4 rings (SSSR count). The Morgan fingerprint density at radius 1 is 1.00 bits per heavy atom. The second kappa shape index (κ2) is 6.52. The summed E-state index contributed by atoms with van der Waals surface area (Å²) in [5.74, 6) is 0.187. The highest BCUT2D eigenvalue weighted by Crippen LogP contribution is 2.36. The fraction of sp³-hybridized carbons (Fsp3) is 0.381. The van der Waals surface area contributed by atoms with Crippen LogP contribution in [0.3, 0.4) is 0 Å². The molecule has 1 spiro atoms. The summed E-state index contributed by atoms with van der Waals surface area (Å²) in [5, 5.41) is 3.07. The van der Waals surface area contributed by atoms with E-state index >= 15 is 0 Å². The number of piperidine rings is 1. The maximum absolute atomic E-state index is 12.7. The van der Waals surface area contributed by atoms with Crippen molar-refractivity contribution in [2.24, 2.45) is 0 Å². The summed E-state index contributed by atoms with van der Waals surface area (Å²) in [7, 11) is 0. The molecule has 4 nitrogen and oxygen atoms in total. The molecule has 0 aliphatic carbocycles. The molecule has 0 aromatic heterocycles. The van der Waals surface area contributed by atoms with E-state index in [0.29, 0.717) is 6.67 Å². The predicted octanol–water partition coefficient (Wildman–Crippen LogP) is 2.92. The molecular weight excluding hydrogens is 310 g/mol. The molecule has 2 saturated heterocycles. The van der Waals surface area contributed by atoms with E-state index in [1.54, 1.807) is 0 Å². The number of likely N-dealkylation sites (tertiary alicyclic amines) is 1. The monoisotopic (exact) mass is 335 g/mol. The van der Waals surface area contributed by atoms with Crippen LogP contribution in [-0.2, 0) is 11.3 Å². The fourth-order valence-corrected chi connectivity index (χ4v) is 4.14. The van der Waals surface area contributed by atoms with Crippen molar-refractivity contribution in [3.05, 3.63) is 65.7 Å². The standard InChI is InChI=1S/C21H25N3O/c1-17-7-5-6-8-18(17)15-23-13-11-21(12-14-23)20(25)22-16-24(21)19-9-3-2-4-10-19/h2-10H,11-16H2,1H3,(H,22,25). The number of benzene rings is 2. The molecule has 1 amide bonds. The van der Waals surface area contributed by atoms with E-state index < -0.39 is 0 Å². The lowest BCUT2D eigenvalue weighted by Crippen LogP contribution is -2.56. The van der Waals surface area contributed by atoms with Crippen LogP contribution >= 0.6 is 0 Å². The van der Waals surface area contributed by atoms with Gasteiger partial charge in [0.05, 0.1) is 6.67 Å². The van der Waals surface area contributed by atoms with Crippen molar-refractivity contribution in [1.82, 2.24) is 10.2 Å². The summed E-state index contributed by atoms with van der Waals surface area (Å²) >= 11 is 0. The van der Waals surface area contributed by atoms with Gasteiger partial charge in [0.15, 0.2) is 0 Å². The van der Waals surface area contributed by atoms with Gasteiger partial charge in [0, 0.05) is 25.3 Å². The third-order valence-corrected chi connectivity index (χ3v) is 5.74. The van der Waals surface area contributed by atoms with Crippen LogP contribution in [-0.4, -0.2) is 36.1 Å². The lowest BCUT2D eigenvalue weighted by molar-refractivity contribution is -0.125. The van der Waals surface area contributed by atoms with Gasteiger partial charge in [-0.15, -0.1) is 0 Å². The van der Waals surface area contributed by atoms with Crippen molar-refractivity contribution >= 4 is 11.6 Å². The minimum absolute atomic E-state index is 0.187. The molecular formula is C21H25N3O. The van der Waals surface area contributed by atoms with Gasteiger partial charge in [0.25, 0.3) is 0 Å². The van der Waals surface area contributed by atoms with E-state index in [-0.39, 0.29) is 11.4 Å². The maximum atomic E-state index is 12.7. The Morgan fingerprint density at radius 3 is 2.40 bits per heavy atom. The molecule has 1 N–H and O–H groups in total. The number of amides is 1. The zero-order valence-corrected chi connectivity index (χ0v) is 14.7. The molecule has 0 bridgehead atoms. The first kappa shape index (κ1) is 16.2. The highest BCUT2D eigenvalue weighted by molar-refractivity contribution is 5.93. The van der Waals surface area contributed by atoms with Crippen LogP contribution in [0.5, 0.6) is 0 Å². The normalized spacial score (nSPS) is 20.0. The van der Waals surface area contributed by atoms with E-state index in [1.807, 2.05) is 18.2 Å². The van der Waals surface area contributed by atoms with Crippen molar-refractivity contribution in [3.63, 3.8) is 0 Å². The Morgan fingerprint density at radius 2 is 1.68 bits per heavy atom. The van der Waals surface area contributed by atoms with Gasteiger partial charge < -0.3 is 10.2 Å². The Kier molecular flexibility index (Phi) is 4.22. The summed E-state index contributed by atoms with van der Waals surface area (Å²) in [6, 6.07) is 18.9. The molecule has 2 fully saturated rings. The summed E-state index contributed by atoms with van der Waals surface area (Å²) in [6.45, 7) is 5.65. The zero-order chi connectivity index (χ0) is 17.3. The van der Waals surface area contributed by atoms with Gasteiger partial charge in [-0.2, -0.15) is 0 Å². The van der Waals surface area contributed by atoms with Gasteiger partial charge in [0.1, 0.15) is 5.54 Å². The number of anilines is 1. The van der Waals surface area contributed by atoms with Crippen molar-refractivity contribution in [2.45, 2.75) is 31.8 Å². The zero-order valence-electron chi connectivity index (χ0n) is 14.7. The number of rotatable bonds is 3. The number of hydrogen-bond donors (Lipinski definition) is 1. The van der Waals surface area contributed by atoms with Gasteiger partial charge in [-0.1, -0.05) is 42.5 Å². The average Bonchev–Trinajstić information content (AvgIpc) is 2.96. The summed E-state index contributed by atoms with van der Waals surface area (Å²) in [4.78, 5) is 17.4. The van der Waals surface area contributed by atoms with Gasteiger partial charge in [-0.3, -0.25) is 9.69 Å². The first-order chi connectivity index (χ1) is 12.2. The first-order valence-electron chi connectivity index (χ1n) is 9.07. The number of para-hydroxylation sites is 1. The van der Waals surface area contributed by atoms with Crippen molar-refractivity contribution in [3.8, 4) is 0 Å².